The van der Waals surface area contributed by atoms with E-state index in [0.29, 0.717) is 21.5 Å². The highest BCUT2D eigenvalue weighted by Gasteiger charge is 2.32. The molecule has 0 aliphatic rings. The van der Waals surface area contributed by atoms with Gasteiger partial charge in [-0.3, -0.25) is 4.57 Å². The minimum absolute atomic E-state index is 0.160. The van der Waals surface area contributed by atoms with Crippen molar-refractivity contribution >= 4 is 40.8 Å². The van der Waals surface area contributed by atoms with Gasteiger partial charge in [0.25, 0.3) is 0 Å². The fourth-order valence-electron chi connectivity index (χ4n) is 2.74. The zero-order valence-electron chi connectivity index (χ0n) is 17.1. The topological polar surface area (TPSA) is 73.6 Å². The average Bonchev–Trinajstić information content (AvgIpc) is 3.25. The first kappa shape index (κ1) is 21.5. The Labute approximate surface area is 173 Å². The van der Waals surface area contributed by atoms with Crippen LogP contribution in [0.5, 0.6) is 0 Å². The molecular formula is C20H24BFN2O4S. The number of ether oxygens (including phenoxy) is 1. The molecule has 0 fully saturated rings. The van der Waals surface area contributed by atoms with Crippen molar-refractivity contribution in [3.63, 3.8) is 0 Å². The number of benzene rings is 1. The van der Waals surface area contributed by atoms with E-state index in [2.05, 4.69) is 4.98 Å². The van der Waals surface area contributed by atoms with Crippen molar-refractivity contribution in [1.29, 1.82) is 0 Å². The number of rotatable bonds is 7. The maximum Gasteiger partial charge on any atom is 0.493 e. The molecule has 0 bridgehead atoms. The fraction of sp³-hybridized carbons (Fsp3) is 0.400. The molecule has 0 atom stereocenters. The molecule has 2 heterocycles. The van der Waals surface area contributed by atoms with Gasteiger partial charge >= 0.3 is 13.1 Å². The molecule has 3 aromatic rings. The van der Waals surface area contributed by atoms with E-state index in [1.807, 2.05) is 27.7 Å². The zero-order valence-corrected chi connectivity index (χ0v) is 17.9. The van der Waals surface area contributed by atoms with Crippen molar-refractivity contribution in [1.82, 2.24) is 9.55 Å². The number of aromatic nitrogens is 2. The number of fused-ring (bicyclic) bond motifs is 1. The average molecular weight is 418 g/mol. The first-order valence-corrected chi connectivity index (χ1v) is 10.3. The minimum atomic E-state index is -1.25. The summed E-state index contributed by atoms with van der Waals surface area (Å²) >= 11 is 1.25. The van der Waals surface area contributed by atoms with E-state index in [9.17, 15) is 14.2 Å². The smallest absolute Gasteiger partial charge is 0.461 e. The second-order valence-electron chi connectivity index (χ2n) is 7.58. The van der Waals surface area contributed by atoms with Gasteiger partial charge in [0.15, 0.2) is 10.8 Å². The van der Waals surface area contributed by atoms with Crippen LogP contribution in [-0.4, -0.2) is 39.9 Å². The Bertz CT molecular complexity index is 1030. The summed E-state index contributed by atoms with van der Waals surface area (Å²) in [4.78, 5) is 16.3. The van der Waals surface area contributed by atoms with Crippen molar-refractivity contribution in [2.45, 2.75) is 40.2 Å². The predicted molar refractivity (Wildman–Crippen MR) is 112 cm³/mol. The molecule has 1 aromatic carbocycles. The summed E-state index contributed by atoms with van der Waals surface area (Å²) in [5, 5.41) is 13.4. The van der Waals surface area contributed by atoms with Gasteiger partial charge < -0.3 is 14.4 Å². The van der Waals surface area contributed by atoms with Gasteiger partial charge in [-0.2, -0.15) is 0 Å². The Morgan fingerprint density at radius 2 is 2.14 bits per heavy atom. The van der Waals surface area contributed by atoms with Gasteiger partial charge in [0.05, 0.1) is 17.7 Å². The maximum absolute atomic E-state index is 13.9. The van der Waals surface area contributed by atoms with Gasteiger partial charge in [0.2, 0.25) is 0 Å². The molecule has 29 heavy (non-hydrogen) atoms. The highest BCUT2D eigenvalue weighted by molar-refractivity contribution is 7.12. The van der Waals surface area contributed by atoms with Crippen molar-refractivity contribution < 1.29 is 23.6 Å². The third-order valence-electron chi connectivity index (χ3n) is 5.05. The van der Waals surface area contributed by atoms with Gasteiger partial charge in [-0.05, 0) is 44.9 Å². The van der Waals surface area contributed by atoms with E-state index < -0.39 is 24.5 Å². The highest BCUT2D eigenvalue weighted by Crippen LogP contribution is 2.25. The lowest BCUT2D eigenvalue weighted by Crippen LogP contribution is -2.44. The van der Waals surface area contributed by atoms with Crippen molar-refractivity contribution in [2.75, 3.05) is 6.61 Å². The number of nitrogens with zero attached hydrogens (tertiary/aromatic N) is 2. The lowest BCUT2D eigenvalue weighted by molar-refractivity contribution is 0.0424. The number of esters is 1. The lowest BCUT2D eigenvalue weighted by atomic mass is 9.77. The number of hydrogen-bond acceptors (Lipinski definition) is 6. The number of carbonyl (C=O) groups excluding carboxylic acids is 1. The van der Waals surface area contributed by atoms with Crippen LogP contribution >= 0.6 is 11.3 Å². The molecule has 0 unspecified atom stereocenters. The van der Waals surface area contributed by atoms with Crippen LogP contribution in [0.25, 0.3) is 16.0 Å². The molecule has 154 valence electrons. The molecular weight excluding hydrogens is 394 g/mol. The molecule has 1 N–H and O–H groups in total. The van der Waals surface area contributed by atoms with Gasteiger partial charge in [-0.25, -0.2) is 14.2 Å². The van der Waals surface area contributed by atoms with Crippen molar-refractivity contribution in [3.8, 4) is 5.13 Å². The van der Waals surface area contributed by atoms with Gasteiger partial charge in [0.1, 0.15) is 5.82 Å². The Hall–Kier alpha value is -2.23. The van der Waals surface area contributed by atoms with E-state index in [4.69, 9.17) is 9.39 Å². The molecule has 0 radical (unpaired) electrons. The first-order chi connectivity index (χ1) is 13.6. The minimum Gasteiger partial charge on any atom is -0.461 e. The Morgan fingerprint density at radius 1 is 1.41 bits per heavy atom. The lowest BCUT2D eigenvalue weighted by Gasteiger charge is -2.31. The zero-order chi connectivity index (χ0) is 21.3. The SMILES string of the molecule is CCOC(=O)c1csc(-n2cc(B(O)OC(C)(C)C(C)C)c3cc(F)ccc32)n1. The van der Waals surface area contributed by atoms with E-state index in [1.54, 1.807) is 29.1 Å². The number of thiazole rings is 1. The van der Waals surface area contributed by atoms with Crippen LogP contribution in [-0.2, 0) is 9.39 Å². The quantitative estimate of drug-likeness (QED) is 0.469. The molecule has 6 nitrogen and oxygen atoms in total. The Morgan fingerprint density at radius 3 is 2.79 bits per heavy atom. The second kappa shape index (κ2) is 8.26. The van der Waals surface area contributed by atoms with Gasteiger partial charge in [-0.1, -0.05) is 13.8 Å². The van der Waals surface area contributed by atoms with Crippen molar-refractivity contribution in [3.05, 3.63) is 41.3 Å². The number of halogens is 1. The van der Waals surface area contributed by atoms with Crippen LogP contribution in [0.3, 0.4) is 0 Å². The van der Waals surface area contributed by atoms with Crippen LogP contribution in [0.1, 0.15) is 45.1 Å². The summed E-state index contributed by atoms with van der Waals surface area (Å²) in [7, 11) is -1.25. The molecule has 9 heteroatoms. The number of hydrogen-bond donors (Lipinski definition) is 1. The molecule has 0 aliphatic carbocycles. The summed E-state index contributed by atoms with van der Waals surface area (Å²) in [6, 6.07) is 4.31. The first-order valence-electron chi connectivity index (χ1n) is 9.43. The third-order valence-corrected chi connectivity index (χ3v) is 5.89. The van der Waals surface area contributed by atoms with Gasteiger partial charge in [-0.15, -0.1) is 11.3 Å². The van der Waals surface area contributed by atoms with Crippen molar-refractivity contribution in [2.24, 2.45) is 5.92 Å². The van der Waals surface area contributed by atoms with Crippen LogP contribution in [0.2, 0.25) is 0 Å². The normalized spacial score (nSPS) is 12.0. The maximum atomic E-state index is 13.9. The largest absolute Gasteiger partial charge is 0.493 e. The van der Waals surface area contributed by atoms with Crippen LogP contribution < -0.4 is 5.46 Å². The van der Waals surface area contributed by atoms with E-state index in [0.717, 1.165) is 0 Å². The summed E-state index contributed by atoms with van der Waals surface area (Å²) in [6.45, 7) is 9.78. The standard InChI is InChI=1S/C20H24BFN2O4S/c1-6-27-18(25)16-11-29-19(23-16)24-10-15(14-9-13(22)7-8-17(14)24)21(26)28-20(4,5)12(2)3/h7-12,26H,6H2,1-5H3. The molecule has 0 spiro atoms. The molecule has 0 amide bonds. The van der Waals surface area contributed by atoms with Gasteiger partial charge in [0, 0.05) is 22.4 Å². The monoisotopic (exact) mass is 418 g/mol. The van der Waals surface area contributed by atoms with E-state index in [1.165, 1.54) is 23.5 Å². The van der Waals surface area contributed by atoms with Crippen LogP contribution in [0, 0.1) is 11.7 Å². The Balaban J connectivity index is 2.05. The summed E-state index contributed by atoms with van der Waals surface area (Å²) in [5.74, 6) is -0.758. The highest BCUT2D eigenvalue weighted by atomic mass is 32.1. The van der Waals surface area contributed by atoms with Crippen LogP contribution in [0.4, 0.5) is 4.39 Å². The summed E-state index contributed by atoms with van der Waals surface area (Å²) < 4.78 is 26.5. The molecule has 0 aliphatic heterocycles. The second-order valence-corrected chi connectivity index (χ2v) is 8.42. The molecule has 0 saturated carbocycles. The predicted octanol–water partition coefficient (Wildman–Crippen LogP) is 3.54. The molecule has 0 saturated heterocycles. The summed E-state index contributed by atoms with van der Waals surface area (Å²) in [5.41, 5.74) is 0.701. The molecule has 3 rings (SSSR count). The number of carbonyl (C=O) groups is 1. The molecule has 2 aromatic heterocycles. The van der Waals surface area contributed by atoms with Crippen LogP contribution in [0.15, 0.2) is 29.8 Å². The third kappa shape index (κ3) is 4.36. The van der Waals surface area contributed by atoms with E-state index >= 15 is 0 Å². The Kier molecular flexibility index (Phi) is 6.12. The van der Waals surface area contributed by atoms with E-state index in [-0.39, 0.29) is 18.2 Å². The summed E-state index contributed by atoms with van der Waals surface area (Å²) in [6.07, 6.45) is 1.67. The fourth-order valence-corrected chi connectivity index (χ4v) is 3.53.